The second-order valence-corrected chi connectivity index (χ2v) is 7.74. The van der Waals surface area contributed by atoms with Crippen molar-refractivity contribution >= 4 is 34.0 Å². The summed E-state index contributed by atoms with van der Waals surface area (Å²) < 4.78 is 10.2. The van der Waals surface area contributed by atoms with Crippen molar-refractivity contribution in [3.05, 3.63) is 71.2 Å². The predicted molar refractivity (Wildman–Crippen MR) is 124 cm³/mol. The van der Waals surface area contributed by atoms with Gasteiger partial charge in [0, 0.05) is 37.3 Å². The van der Waals surface area contributed by atoms with E-state index in [0.717, 1.165) is 17.0 Å². The molecule has 1 aromatic heterocycles. The zero-order valence-electron chi connectivity index (χ0n) is 18.0. The first-order valence-electron chi connectivity index (χ1n) is 10.0. The molecule has 0 saturated carbocycles. The molecule has 0 atom stereocenters. The zero-order chi connectivity index (χ0) is 22.8. The number of ether oxygens (including phenoxy) is 2. The number of benzene rings is 2. The highest BCUT2D eigenvalue weighted by atomic mass is 32.1. The molecule has 0 radical (unpaired) electrons. The number of hydrogen-bond donors (Lipinski definition) is 2. The monoisotopic (exact) mass is 454 g/mol. The van der Waals surface area contributed by atoms with E-state index < -0.39 is 0 Å². The first kappa shape index (κ1) is 23.2. The van der Waals surface area contributed by atoms with Crippen LogP contribution in [0.3, 0.4) is 0 Å². The topological polar surface area (TPSA) is 92.8 Å². The number of aromatic nitrogens is 1. The van der Waals surface area contributed by atoms with Gasteiger partial charge < -0.3 is 25.0 Å². The van der Waals surface area contributed by atoms with Gasteiger partial charge in [-0.1, -0.05) is 36.4 Å². The van der Waals surface area contributed by atoms with Gasteiger partial charge in [-0.05, 0) is 17.7 Å². The van der Waals surface area contributed by atoms with Gasteiger partial charge in [-0.25, -0.2) is 4.98 Å². The first-order chi connectivity index (χ1) is 15.6. The molecular formula is C23H26N4O4S. The molecule has 0 fully saturated rings. The molecule has 0 aliphatic carbocycles. The fraction of sp³-hybridized carbons (Fsp3) is 0.261. The average Bonchev–Trinajstić information content (AvgIpc) is 3.27. The minimum absolute atomic E-state index is 0.0758. The molecule has 2 aromatic carbocycles. The van der Waals surface area contributed by atoms with Gasteiger partial charge in [0.2, 0.25) is 5.91 Å². The van der Waals surface area contributed by atoms with Crippen LogP contribution < -0.4 is 15.4 Å². The molecule has 168 valence electrons. The van der Waals surface area contributed by atoms with Crippen LogP contribution in [-0.4, -0.2) is 55.6 Å². The summed E-state index contributed by atoms with van der Waals surface area (Å²) in [6.07, 6.45) is 0. The highest BCUT2D eigenvalue weighted by molar-refractivity contribution is 7.14. The molecule has 9 heteroatoms. The van der Waals surface area contributed by atoms with Crippen LogP contribution >= 0.6 is 11.3 Å². The number of rotatable bonds is 11. The lowest BCUT2D eigenvalue weighted by Gasteiger charge is -2.21. The van der Waals surface area contributed by atoms with Crippen molar-refractivity contribution in [2.24, 2.45) is 0 Å². The van der Waals surface area contributed by atoms with Crippen molar-refractivity contribution in [1.82, 2.24) is 15.2 Å². The molecule has 2 amide bonds. The number of carbonyl (C=O) groups excluding carboxylic acids is 2. The molecule has 0 spiro atoms. The summed E-state index contributed by atoms with van der Waals surface area (Å²) in [6, 6.07) is 17.0. The second kappa shape index (κ2) is 11.8. The number of thiazole rings is 1. The number of hydrogen-bond acceptors (Lipinski definition) is 7. The molecule has 0 bridgehead atoms. The molecule has 32 heavy (non-hydrogen) atoms. The Hall–Kier alpha value is -3.43. The Morgan fingerprint density at radius 1 is 1.09 bits per heavy atom. The van der Waals surface area contributed by atoms with Crippen molar-refractivity contribution in [3.63, 3.8) is 0 Å². The SMILES string of the molecule is COCCNC(=O)CN(Cc1ccccc1)C(=O)c1csc(Nc2cccc(OC)c2)n1. The van der Waals surface area contributed by atoms with Gasteiger partial charge in [-0.2, -0.15) is 0 Å². The summed E-state index contributed by atoms with van der Waals surface area (Å²) in [6.45, 7) is 1.01. The van der Waals surface area contributed by atoms with E-state index in [-0.39, 0.29) is 24.1 Å². The Balaban J connectivity index is 1.72. The normalized spacial score (nSPS) is 10.4. The number of anilines is 2. The number of carbonyl (C=O) groups is 2. The van der Waals surface area contributed by atoms with E-state index in [0.29, 0.717) is 24.8 Å². The van der Waals surface area contributed by atoms with Crippen LogP contribution in [0, 0.1) is 0 Å². The zero-order valence-corrected chi connectivity index (χ0v) is 18.9. The van der Waals surface area contributed by atoms with Gasteiger partial charge in [0.15, 0.2) is 5.13 Å². The maximum Gasteiger partial charge on any atom is 0.274 e. The fourth-order valence-corrected chi connectivity index (χ4v) is 3.65. The third-order valence-corrected chi connectivity index (χ3v) is 5.27. The number of methoxy groups -OCH3 is 2. The van der Waals surface area contributed by atoms with Gasteiger partial charge in [-0.3, -0.25) is 9.59 Å². The molecule has 3 rings (SSSR count). The number of nitrogens with one attached hydrogen (secondary N) is 2. The summed E-state index contributed by atoms with van der Waals surface area (Å²) in [4.78, 5) is 31.5. The standard InChI is InChI=1S/C23H26N4O4S/c1-30-12-11-24-21(28)15-27(14-17-7-4-3-5-8-17)22(29)20-16-32-23(26-20)25-18-9-6-10-19(13-18)31-2/h3-10,13,16H,11-12,14-15H2,1-2H3,(H,24,28)(H,25,26). The van der Waals surface area contributed by atoms with Crippen molar-refractivity contribution in [1.29, 1.82) is 0 Å². The molecular weight excluding hydrogens is 428 g/mol. The van der Waals surface area contributed by atoms with Crippen LogP contribution in [0.25, 0.3) is 0 Å². The lowest BCUT2D eigenvalue weighted by molar-refractivity contribution is -0.122. The van der Waals surface area contributed by atoms with E-state index in [1.807, 2.05) is 54.6 Å². The molecule has 8 nitrogen and oxygen atoms in total. The molecule has 0 saturated heterocycles. The van der Waals surface area contributed by atoms with E-state index in [4.69, 9.17) is 9.47 Å². The summed E-state index contributed by atoms with van der Waals surface area (Å²) >= 11 is 1.32. The Morgan fingerprint density at radius 2 is 1.91 bits per heavy atom. The highest BCUT2D eigenvalue weighted by Gasteiger charge is 2.22. The first-order valence-corrected chi connectivity index (χ1v) is 10.9. The molecule has 0 aliphatic rings. The second-order valence-electron chi connectivity index (χ2n) is 6.88. The van der Waals surface area contributed by atoms with E-state index in [9.17, 15) is 9.59 Å². The Kier molecular flexibility index (Phi) is 8.59. The Morgan fingerprint density at radius 3 is 2.66 bits per heavy atom. The Labute approximate surface area is 191 Å². The van der Waals surface area contributed by atoms with Crippen LogP contribution in [-0.2, 0) is 16.1 Å². The van der Waals surface area contributed by atoms with Gasteiger partial charge in [0.1, 0.15) is 18.0 Å². The molecule has 1 heterocycles. The number of amides is 2. The van der Waals surface area contributed by atoms with Crippen LogP contribution in [0.1, 0.15) is 16.1 Å². The van der Waals surface area contributed by atoms with Crippen LogP contribution in [0.15, 0.2) is 60.0 Å². The van der Waals surface area contributed by atoms with Gasteiger partial charge in [-0.15, -0.1) is 11.3 Å². The lowest BCUT2D eigenvalue weighted by atomic mass is 10.2. The minimum atomic E-state index is -0.314. The van der Waals surface area contributed by atoms with Crippen LogP contribution in [0.4, 0.5) is 10.8 Å². The van der Waals surface area contributed by atoms with Gasteiger partial charge >= 0.3 is 0 Å². The molecule has 0 aliphatic heterocycles. The molecule has 0 unspecified atom stereocenters. The van der Waals surface area contributed by atoms with Crippen molar-refractivity contribution < 1.29 is 19.1 Å². The largest absolute Gasteiger partial charge is 0.497 e. The summed E-state index contributed by atoms with van der Waals surface area (Å²) in [5, 5.41) is 8.20. The van der Waals surface area contributed by atoms with Crippen molar-refractivity contribution in [3.8, 4) is 5.75 Å². The third kappa shape index (κ3) is 6.79. The van der Waals surface area contributed by atoms with Gasteiger partial charge in [0.25, 0.3) is 5.91 Å². The minimum Gasteiger partial charge on any atom is -0.497 e. The van der Waals surface area contributed by atoms with Crippen LogP contribution in [0.5, 0.6) is 5.75 Å². The Bertz CT molecular complexity index is 1030. The van der Waals surface area contributed by atoms with Crippen molar-refractivity contribution in [2.45, 2.75) is 6.54 Å². The summed E-state index contributed by atoms with van der Waals surface area (Å²) in [5.74, 6) is 0.151. The highest BCUT2D eigenvalue weighted by Crippen LogP contribution is 2.24. The maximum atomic E-state index is 13.2. The van der Waals surface area contributed by atoms with Crippen molar-refractivity contribution in [2.75, 3.05) is 39.2 Å². The van der Waals surface area contributed by atoms with E-state index >= 15 is 0 Å². The maximum absolute atomic E-state index is 13.2. The lowest BCUT2D eigenvalue weighted by Crippen LogP contribution is -2.41. The molecule has 3 aromatic rings. The predicted octanol–water partition coefficient (Wildman–Crippen LogP) is 3.30. The fourth-order valence-electron chi connectivity index (χ4n) is 2.94. The quantitative estimate of drug-likeness (QED) is 0.432. The summed E-state index contributed by atoms with van der Waals surface area (Å²) in [7, 11) is 3.17. The average molecular weight is 455 g/mol. The van der Waals surface area contributed by atoms with E-state index in [1.54, 1.807) is 19.6 Å². The third-order valence-electron chi connectivity index (χ3n) is 4.51. The van der Waals surface area contributed by atoms with Gasteiger partial charge in [0.05, 0.1) is 13.7 Å². The number of nitrogens with zero attached hydrogens (tertiary/aromatic N) is 2. The smallest absolute Gasteiger partial charge is 0.274 e. The molecule has 2 N–H and O–H groups in total. The van der Waals surface area contributed by atoms with Crippen LogP contribution in [0.2, 0.25) is 0 Å². The van der Waals surface area contributed by atoms with E-state index in [1.165, 1.54) is 16.2 Å². The summed E-state index contributed by atoms with van der Waals surface area (Å²) in [5.41, 5.74) is 2.01. The van der Waals surface area contributed by atoms with E-state index in [2.05, 4.69) is 15.6 Å².